The van der Waals surface area contributed by atoms with Crippen LogP contribution < -0.4 is 11.1 Å². The number of rotatable bonds is 2. The van der Waals surface area contributed by atoms with E-state index in [0.29, 0.717) is 5.69 Å². The Kier molecular flexibility index (Phi) is 2.95. The Morgan fingerprint density at radius 3 is 2.76 bits per heavy atom. The van der Waals surface area contributed by atoms with Crippen LogP contribution in [0.4, 0.5) is 11.5 Å². The minimum Gasteiger partial charge on any atom is -0.382 e. The second kappa shape index (κ2) is 4.56. The number of nitrogens with zero attached hydrogens (tertiary/aromatic N) is 3. The number of anilines is 2. The Hall–Kier alpha value is -2.50. The van der Waals surface area contributed by atoms with Crippen LogP contribution in [-0.2, 0) is 0 Å². The van der Waals surface area contributed by atoms with Gasteiger partial charge in [0.05, 0.1) is 12.4 Å². The standard InChI is InChI=1S/C11H11N5O/c1-7-4-8(2-3-13-7)16-11(17)9-5-15-10(12)6-14-9/h2-6H,1H3,(H2,12,15)(H,13,16,17). The molecule has 0 fully saturated rings. The van der Waals surface area contributed by atoms with Crippen LogP contribution >= 0.6 is 0 Å². The molecule has 0 radical (unpaired) electrons. The molecule has 3 N–H and O–H groups in total. The van der Waals surface area contributed by atoms with E-state index in [-0.39, 0.29) is 17.4 Å². The number of hydrogen-bond acceptors (Lipinski definition) is 5. The number of carbonyl (C=O) groups excluding carboxylic acids is 1. The van der Waals surface area contributed by atoms with Gasteiger partial charge < -0.3 is 11.1 Å². The Labute approximate surface area is 97.9 Å². The molecule has 0 saturated carbocycles. The Bertz CT molecular complexity index is 538. The first-order valence-corrected chi connectivity index (χ1v) is 4.96. The molecule has 2 heterocycles. The molecular formula is C11H11N5O. The summed E-state index contributed by atoms with van der Waals surface area (Å²) in [7, 11) is 0. The molecule has 6 nitrogen and oxygen atoms in total. The number of aryl methyl sites for hydroxylation is 1. The minimum atomic E-state index is -0.330. The van der Waals surface area contributed by atoms with E-state index in [4.69, 9.17) is 5.73 Å². The van der Waals surface area contributed by atoms with Crippen LogP contribution in [0.1, 0.15) is 16.2 Å². The van der Waals surface area contributed by atoms with Crippen molar-refractivity contribution < 1.29 is 4.79 Å². The quantitative estimate of drug-likeness (QED) is 0.801. The fourth-order valence-corrected chi connectivity index (χ4v) is 1.27. The second-order valence-corrected chi connectivity index (χ2v) is 3.47. The Balaban J connectivity index is 2.14. The molecule has 2 rings (SSSR count). The molecule has 0 aliphatic carbocycles. The zero-order valence-corrected chi connectivity index (χ0v) is 9.21. The number of amides is 1. The van der Waals surface area contributed by atoms with Crippen LogP contribution in [0.5, 0.6) is 0 Å². The molecule has 2 aromatic rings. The van der Waals surface area contributed by atoms with Crippen molar-refractivity contribution in [3.05, 3.63) is 42.1 Å². The van der Waals surface area contributed by atoms with Gasteiger partial charge in [-0.15, -0.1) is 0 Å². The van der Waals surface area contributed by atoms with Crippen LogP contribution in [0.3, 0.4) is 0 Å². The van der Waals surface area contributed by atoms with Crippen molar-refractivity contribution in [3.63, 3.8) is 0 Å². The molecule has 0 saturated heterocycles. The average molecular weight is 229 g/mol. The maximum atomic E-state index is 11.8. The van der Waals surface area contributed by atoms with Gasteiger partial charge in [-0.3, -0.25) is 9.78 Å². The van der Waals surface area contributed by atoms with E-state index in [1.807, 2.05) is 6.92 Å². The summed E-state index contributed by atoms with van der Waals surface area (Å²) in [6.07, 6.45) is 4.30. The summed E-state index contributed by atoms with van der Waals surface area (Å²) in [6.45, 7) is 1.85. The lowest BCUT2D eigenvalue weighted by Crippen LogP contribution is -2.14. The van der Waals surface area contributed by atoms with Gasteiger partial charge in [-0.25, -0.2) is 9.97 Å². The number of nitrogens with two attached hydrogens (primary N) is 1. The summed E-state index contributed by atoms with van der Waals surface area (Å²) < 4.78 is 0. The average Bonchev–Trinajstić information content (AvgIpc) is 2.29. The van der Waals surface area contributed by atoms with E-state index in [9.17, 15) is 4.79 Å². The van der Waals surface area contributed by atoms with Gasteiger partial charge in [0, 0.05) is 17.6 Å². The third-order valence-corrected chi connectivity index (χ3v) is 2.06. The highest BCUT2D eigenvalue weighted by atomic mass is 16.1. The van der Waals surface area contributed by atoms with Crippen LogP contribution in [0.2, 0.25) is 0 Å². The van der Waals surface area contributed by atoms with E-state index in [0.717, 1.165) is 5.69 Å². The van der Waals surface area contributed by atoms with Gasteiger partial charge in [0.1, 0.15) is 11.5 Å². The molecule has 0 bridgehead atoms. The van der Waals surface area contributed by atoms with Crippen molar-refractivity contribution in [1.82, 2.24) is 15.0 Å². The summed E-state index contributed by atoms with van der Waals surface area (Å²) in [5, 5.41) is 2.70. The van der Waals surface area contributed by atoms with Crippen LogP contribution in [0.15, 0.2) is 30.7 Å². The van der Waals surface area contributed by atoms with E-state index in [2.05, 4.69) is 20.3 Å². The van der Waals surface area contributed by atoms with Crippen molar-refractivity contribution in [2.75, 3.05) is 11.1 Å². The summed E-state index contributed by atoms with van der Waals surface area (Å²) in [5.74, 6) is -0.0515. The third-order valence-electron chi connectivity index (χ3n) is 2.06. The van der Waals surface area contributed by atoms with Gasteiger partial charge in [0.15, 0.2) is 0 Å². The Morgan fingerprint density at radius 1 is 1.29 bits per heavy atom. The molecule has 2 aromatic heterocycles. The van der Waals surface area contributed by atoms with E-state index in [1.165, 1.54) is 12.4 Å². The number of carbonyl (C=O) groups is 1. The first-order valence-electron chi connectivity index (χ1n) is 4.96. The lowest BCUT2D eigenvalue weighted by Gasteiger charge is -2.04. The lowest BCUT2D eigenvalue weighted by molar-refractivity contribution is 0.102. The molecule has 1 amide bonds. The smallest absolute Gasteiger partial charge is 0.275 e. The van der Waals surface area contributed by atoms with E-state index < -0.39 is 0 Å². The van der Waals surface area contributed by atoms with Gasteiger partial charge in [0.25, 0.3) is 5.91 Å². The number of pyridine rings is 1. The second-order valence-electron chi connectivity index (χ2n) is 3.47. The van der Waals surface area contributed by atoms with Gasteiger partial charge in [-0.05, 0) is 19.1 Å². The molecule has 0 spiro atoms. The zero-order valence-electron chi connectivity index (χ0n) is 9.21. The van der Waals surface area contributed by atoms with Crippen LogP contribution in [-0.4, -0.2) is 20.9 Å². The number of nitrogen functional groups attached to an aromatic ring is 1. The first kappa shape index (κ1) is 11.0. The van der Waals surface area contributed by atoms with Gasteiger partial charge >= 0.3 is 0 Å². The van der Waals surface area contributed by atoms with Gasteiger partial charge in [-0.1, -0.05) is 0 Å². The van der Waals surface area contributed by atoms with Gasteiger partial charge in [0.2, 0.25) is 0 Å². The highest BCUT2D eigenvalue weighted by Gasteiger charge is 2.07. The molecule has 0 aliphatic rings. The van der Waals surface area contributed by atoms with Crippen LogP contribution in [0.25, 0.3) is 0 Å². The van der Waals surface area contributed by atoms with E-state index >= 15 is 0 Å². The topological polar surface area (TPSA) is 93.8 Å². The Morgan fingerprint density at radius 2 is 2.12 bits per heavy atom. The van der Waals surface area contributed by atoms with Crippen molar-refractivity contribution in [2.24, 2.45) is 0 Å². The molecule has 6 heteroatoms. The molecule has 0 aromatic carbocycles. The summed E-state index contributed by atoms with van der Waals surface area (Å²) in [4.78, 5) is 23.5. The lowest BCUT2D eigenvalue weighted by atomic mass is 10.3. The SMILES string of the molecule is Cc1cc(NC(=O)c2cnc(N)cn2)ccn1. The molecule has 17 heavy (non-hydrogen) atoms. The molecule has 0 atom stereocenters. The largest absolute Gasteiger partial charge is 0.382 e. The van der Waals surface area contributed by atoms with Crippen LogP contribution in [0, 0.1) is 6.92 Å². The molecular weight excluding hydrogens is 218 g/mol. The zero-order chi connectivity index (χ0) is 12.3. The molecule has 0 unspecified atom stereocenters. The van der Waals surface area contributed by atoms with Gasteiger partial charge in [-0.2, -0.15) is 0 Å². The molecule has 86 valence electrons. The maximum Gasteiger partial charge on any atom is 0.275 e. The monoisotopic (exact) mass is 229 g/mol. The highest BCUT2D eigenvalue weighted by Crippen LogP contribution is 2.08. The predicted octanol–water partition coefficient (Wildman–Crippen LogP) is 1.01. The summed E-state index contributed by atoms with van der Waals surface area (Å²) >= 11 is 0. The van der Waals surface area contributed by atoms with Crippen molar-refractivity contribution >= 4 is 17.4 Å². The maximum absolute atomic E-state index is 11.8. The third kappa shape index (κ3) is 2.75. The summed E-state index contributed by atoms with van der Waals surface area (Å²) in [5.41, 5.74) is 7.09. The van der Waals surface area contributed by atoms with Crippen molar-refractivity contribution in [3.8, 4) is 0 Å². The number of hydrogen-bond donors (Lipinski definition) is 2. The predicted molar refractivity (Wildman–Crippen MR) is 63.4 cm³/mol. The van der Waals surface area contributed by atoms with Crippen molar-refractivity contribution in [1.29, 1.82) is 0 Å². The normalized spacial score (nSPS) is 9.94. The van der Waals surface area contributed by atoms with E-state index in [1.54, 1.807) is 18.3 Å². The summed E-state index contributed by atoms with van der Waals surface area (Å²) in [6, 6.07) is 3.47. The minimum absolute atomic E-state index is 0.216. The fraction of sp³-hybridized carbons (Fsp3) is 0.0909. The number of nitrogens with one attached hydrogen (secondary N) is 1. The molecule has 0 aliphatic heterocycles. The first-order chi connectivity index (χ1) is 8.15. The fourth-order valence-electron chi connectivity index (χ4n) is 1.27. The highest BCUT2D eigenvalue weighted by molar-refractivity contribution is 6.02. The number of aromatic nitrogens is 3. The van der Waals surface area contributed by atoms with Crippen molar-refractivity contribution in [2.45, 2.75) is 6.92 Å².